The number of benzene rings is 1. The number of nitrogens with one attached hydrogen (secondary N) is 1. The molecule has 2 rings (SSSR count). The van der Waals surface area contributed by atoms with Gasteiger partial charge in [0.05, 0.1) is 5.02 Å². The van der Waals surface area contributed by atoms with Crippen LogP contribution < -0.4 is 4.72 Å². The monoisotopic (exact) mass is 331 g/mol. The lowest BCUT2D eigenvalue weighted by atomic mass is 10.0. The van der Waals surface area contributed by atoms with Gasteiger partial charge in [0.1, 0.15) is 4.90 Å². The van der Waals surface area contributed by atoms with E-state index in [4.69, 9.17) is 16.3 Å². The Morgan fingerprint density at radius 1 is 1.29 bits per heavy atom. The molecule has 1 aliphatic heterocycles. The van der Waals surface area contributed by atoms with E-state index in [2.05, 4.69) is 4.72 Å². The molecule has 0 bridgehead atoms. The second-order valence-electron chi connectivity index (χ2n) is 5.71. The zero-order chi connectivity index (χ0) is 15.5. The van der Waals surface area contributed by atoms with Crippen molar-refractivity contribution in [1.82, 2.24) is 4.72 Å². The SMILES string of the molecule is CC(C)c1ccc(Cl)c(S(=O)(=O)NC2CCCOCC2)c1. The van der Waals surface area contributed by atoms with Crippen molar-refractivity contribution < 1.29 is 13.2 Å². The van der Waals surface area contributed by atoms with E-state index < -0.39 is 10.0 Å². The number of sulfonamides is 1. The lowest BCUT2D eigenvalue weighted by Crippen LogP contribution is -2.35. The summed E-state index contributed by atoms with van der Waals surface area (Å²) in [5, 5.41) is 0.261. The van der Waals surface area contributed by atoms with Crippen molar-refractivity contribution in [2.24, 2.45) is 0 Å². The molecule has 1 N–H and O–H groups in total. The van der Waals surface area contributed by atoms with E-state index in [0.29, 0.717) is 19.6 Å². The van der Waals surface area contributed by atoms with Crippen LogP contribution in [0.1, 0.15) is 44.6 Å². The van der Waals surface area contributed by atoms with Gasteiger partial charge >= 0.3 is 0 Å². The molecule has 1 aromatic rings. The van der Waals surface area contributed by atoms with Crippen LogP contribution in [0.3, 0.4) is 0 Å². The van der Waals surface area contributed by atoms with Crippen molar-refractivity contribution in [2.45, 2.75) is 50.0 Å². The first-order chi connectivity index (χ1) is 9.90. The van der Waals surface area contributed by atoms with Crippen molar-refractivity contribution in [3.05, 3.63) is 28.8 Å². The first kappa shape index (κ1) is 16.7. The minimum atomic E-state index is -3.60. The normalized spacial score (nSPS) is 20.5. The molecular weight excluding hydrogens is 310 g/mol. The quantitative estimate of drug-likeness (QED) is 0.920. The Hall–Kier alpha value is -0.620. The van der Waals surface area contributed by atoms with Crippen LogP contribution in [-0.4, -0.2) is 27.7 Å². The van der Waals surface area contributed by atoms with Gasteiger partial charge in [-0.1, -0.05) is 31.5 Å². The standard InChI is InChI=1S/C15H22ClNO3S/c1-11(2)12-5-6-14(16)15(10-12)21(18,19)17-13-4-3-8-20-9-7-13/h5-6,10-11,13,17H,3-4,7-9H2,1-2H3. The number of rotatable bonds is 4. The summed E-state index contributed by atoms with van der Waals surface area (Å²) in [6, 6.07) is 5.10. The molecule has 1 saturated heterocycles. The van der Waals surface area contributed by atoms with Crippen LogP contribution in [0.5, 0.6) is 0 Å². The molecule has 0 radical (unpaired) electrons. The fraction of sp³-hybridized carbons (Fsp3) is 0.600. The number of ether oxygens (including phenoxy) is 1. The predicted octanol–water partition coefficient (Wildman–Crippen LogP) is 3.31. The molecule has 1 aromatic carbocycles. The van der Waals surface area contributed by atoms with Crippen molar-refractivity contribution in [2.75, 3.05) is 13.2 Å². The summed E-state index contributed by atoms with van der Waals surface area (Å²) < 4.78 is 33.3. The number of halogens is 1. The minimum absolute atomic E-state index is 0.0868. The van der Waals surface area contributed by atoms with E-state index in [0.717, 1.165) is 18.4 Å². The molecule has 0 aliphatic carbocycles. The van der Waals surface area contributed by atoms with Crippen LogP contribution >= 0.6 is 11.6 Å². The zero-order valence-corrected chi connectivity index (χ0v) is 14.0. The van der Waals surface area contributed by atoms with Gasteiger partial charge in [-0.3, -0.25) is 0 Å². The summed E-state index contributed by atoms with van der Waals surface area (Å²) in [6.45, 7) is 5.33. The van der Waals surface area contributed by atoms with Gasteiger partial charge in [0, 0.05) is 19.3 Å². The van der Waals surface area contributed by atoms with Crippen LogP contribution in [0.4, 0.5) is 0 Å². The summed E-state index contributed by atoms with van der Waals surface area (Å²) in [4.78, 5) is 0.167. The van der Waals surface area contributed by atoms with Gasteiger partial charge in [0.25, 0.3) is 0 Å². The molecule has 6 heteroatoms. The van der Waals surface area contributed by atoms with Crippen LogP contribution in [0.2, 0.25) is 5.02 Å². The lowest BCUT2D eigenvalue weighted by molar-refractivity contribution is 0.143. The smallest absolute Gasteiger partial charge is 0.242 e. The maximum Gasteiger partial charge on any atom is 0.242 e. The molecule has 0 amide bonds. The Labute approximate surface area is 131 Å². The topological polar surface area (TPSA) is 55.4 Å². The fourth-order valence-corrected chi connectivity index (χ4v) is 4.23. The van der Waals surface area contributed by atoms with E-state index in [9.17, 15) is 8.42 Å². The van der Waals surface area contributed by atoms with E-state index in [1.165, 1.54) is 0 Å². The highest BCUT2D eigenvalue weighted by molar-refractivity contribution is 7.89. The van der Waals surface area contributed by atoms with Gasteiger partial charge in [0.15, 0.2) is 0 Å². The van der Waals surface area contributed by atoms with Crippen LogP contribution in [0, 0.1) is 0 Å². The Balaban J connectivity index is 2.24. The molecule has 0 aromatic heterocycles. The molecule has 0 saturated carbocycles. The fourth-order valence-electron chi connectivity index (χ4n) is 2.39. The molecule has 1 unspecified atom stereocenters. The summed E-state index contributed by atoms with van der Waals surface area (Å²) in [5.74, 6) is 0.252. The first-order valence-corrected chi connectivity index (χ1v) is 9.16. The molecule has 21 heavy (non-hydrogen) atoms. The van der Waals surface area contributed by atoms with Crippen LogP contribution in [0.25, 0.3) is 0 Å². The van der Waals surface area contributed by atoms with Gasteiger partial charge in [-0.2, -0.15) is 0 Å². The summed E-state index contributed by atoms with van der Waals surface area (Å²) >= 11 is 6.09. The average Bonchev–Trinajstić information content (AvgIpc) is 2.66. The second-order valence-corrected chi connectivity index (χ2v) is 7.80. The molecule has 1 aliphatic rings. The molecule has 1 fully saturated rings. The molecular formula is C15H22ClNO3S. The number of hydrogen-bond donors (Lipinski definition) is 1. The van der Waals surface area contributed by atoms with Gasteiger partial charge < -0.3 is 4.74 Å². The second kappa shape index (κ2) is 7.09. The largest absolute Gasteiger partial charge is 0.381 e. The van der Waals surface area contributed by atoms with E-state index >= 15 is 0 Å². The van der Waals surface area contributed by atoms with Crippen molar-refractivity contribution in [3.8, 4) is 0 Å². The van der Waals surface area contributed by atoms with E-state index in [1.807, 2.05) is 19.9 Å². The molecule has 0 spiro atoms. The molecule has 1 heterocycles. The average molecular weight is 332 g/mol. The third kappa shape index (κ3) is 4.42. The third-order valence-electron chi connectivity index (χ3n) is 3.69. The van der Waals surface area contributed by atoms with Crippen LogP contribution in [-0.2, 0) is 14.8 Å². The maximum atomic E-state index is 12.6. The van der Waals surface area contributed by atoms with Gasteiger partial charge in [0.2, 0.25) is 10.0 Å². The number of hydrogen-bond acceptors (Lipinski definition) is 3. The van der Waals surface area contributed by atoms with Crippen molar-refractivity contribution >= 4 is 21.6 Å². The summed E-state index contributed by atoms with van der Waals surface area (Å²) in [7, 11) is -3.60. The van der Waals surface area contributed by atoms with Crippen molar-refractivity contribution in [3.63, 3.8) is 0 Å². The highest BCUT2D eigenvalue weighted by Crippen LogP contribution is 2.26. The Kier molecular flexibility index (Phi) is 5.66. The Morgan fingerprint density at radius 2 is 2.05 bits per heavy atom. The summed E-state index contributed by atoms with van der Waals surface area (Å²) in [5.41, 5.74) is 0.962. The highest BCUT2D eigenvalue weighted by Gasteiger charge is 2.24. The van der Waals surface area contributed by atoms with Gasteiger partial charge in [-0.05, 0) is 42.9 Å². The lowest BCUT2D eigenvalue weighted by Gasteiger charge is -2.17. The maximum absolute atomic E-state index is 12.6. The first-order valence-electron chi connectivity index (χ1n) is 7.29. The predicted molar refractivity (Wildman–Crippen MR) is 84.3 cm³/mol. The third-order valence-corrected chi connectivity index (χ3v) is 5.69. The van der Waals surface area contributed by atoms with E-state index in [1.54, 1.807) is 12.1 Å². The Morgan fingerprint density at radius 3 is 2.76 bits per heavy atom. The van der Waals surface area contributed by atoms with Crippen molar-refractivity contribution in [1.29, 1.82) is 0 Å². The Bertz CT molecular complexity index is 579. The molecule has 4 nitrogen and oxygen atoms in total. The molecule has 118 valence electrons. The van der Waals surface area contributed by atoms with Gasteiger partial charge in [-0.25, -0.2) is 13.1 Å². The minimum Gasteiger partial charge on any atom is -0.381 e. The zero-order valence-electron chi connectivity index (χ0n) is 12.4. The van der Waals surface area contributed by atoms with E-state index in [-0.39, 0.29) is 21.9 Å². The molecule has 1 atom stereocenters. The highest BCUT2D eigenvalue weighted by atomic mass is 35.5. The van der Waals surface area contributed by atoms with Crippen LogP contribution in [0.15, 0.2) is 23.1 Å². The van der Waals surface area contributed by atoms with Gasteiger partial charge in [-0.15, -0.1) is 0 Å². The summed E-state index contributed by atoms with van der Waals surface area (Å²) in [6.07, 6.45) is 2.36.